The normalized spacial score (nSPS) is 31.1. The number of aliphatic hydroxyl groups excluding tert-OH is 2. The maximum Gasteiger partial charge on any atom is 0.256 e. The Morgan fingerprint density at radius 2 is 1.73 bits per heavy atom. The van der Waals surface area contributed by atoms with E-state index in [0.717, 1.165) is 23.9 Å². The highest BCUT2D eigenvalue weighted by Gasteiger charge is 2.42. The molecule has 138 valence electrons. The van der Waals surface area contributed by atoms with Gasteiger partial charge in [-0.05, 0) is 62.0 Å². The average Bonchev–Trinajstić information content (AvgIpc) is 3.22. The van der Waals surface area contributed by atoms with E-state index in [-0.39, 0.29) is 5.91 Å². The molecule has 2 fully saturated rings. The van der Waals surface area contributed by atoms with E-state index in [1.165, 1.54) is 29.5 Å². The summed E-state index contributed by atoms with van der Waals surface area (Å²) in [5.74, 6) is 0.675. The summed E-state index contributed by atoms with van der Waals surface area (Å²) in [7, 11) is 0. The van der Waals surface area contributed by atoms with E-state index in [1.807, 2.05) is 17.0 Å². The Hall–Kier alpha value is -1.85. The molecule has 3 N–H and O–H groups in total. The number of carbonyl (C=O) groups excluding carboxylic acids is 1. The number of aliphatic hydroxyl groups is 2. The number of aromatic amines is 1. The second-order valence-corrected chi connectivity index (χ2v) is 8.35. The lowest BCUT2D eigenvalue weighted by molar-refractivity contribution is -0.0372. The number of fused-ring (bicyclic) bond motifs is 4. The SMILES string of the molecule is O=C(c1cccc2c3c([nH]c12)CCCC3)N1C[C@H]2C[C@@H](O)[C@H](O)C[C@H]2C1. The zero-order valence-electron chi connectivity index (χ0n) is 14.9. The van der Waals surface area contributed by atoms with Crippen LogP contribution in [0.4, 0.5) is 0 Å². The average molecular weight is 354 g/mol. The van der Waals surface area contributed by atoms with Gasteiger partial charge in [-0.3, -0.25) is 4.79 Å². The van der Waals surface area contributed by atoms with Gasteiger partial charge in [0.25, 0.3) is 5.91 Å². The summed E-state index contributed by atoms with van der Waals surface area (Å²) in [5.41, 5.74) is 4.44. The van der Waals surface area contributed by atoms with Gasteiger partial charge in [0.1, 0.15) is 0 Å². The first-order valence-electron chi connectivity index (χ1n) is 9.89. The van der Waals surface area contributed by atoms with Crippen molar-refractivity contribution >= 4 is 16.8 Å². The fourth-order valence-electron chi connectivity index (χ4n) is 5.35. The van der Waals surface area contributed by atoms with Crippen molar-refractivity contribution in [2.24, 2.45) is 11.8 Å². The molecule has 0 unspecified atom stereocenters. The minimum Gasteiger partial charge on any atom is -0.390 e. The molecule has 1 saturated heterocycles. The van der Waals surface area contributed by atoms with Crippen molar-refractivity contribution in [2.75, 3.05) is 13.1 Å². The molecule has 2 aromatic rings. The molecule has 1 aromatic carbocycles. The Bertz CT molecular complexity index is 840. The van der Waals surface area contributed by atoms with Crippen molar-refractivity contribution in [1.29, 1.82) is 0 Å². The lowest BCUT2D eigenvalue weighted by atomic mass is 9.79. The van der Waals surface area contributed by atoms with E-state index in [9.17, 15) is 15.0 Å². The second kappa shape index (κ2) is 6.10. The van der Waals surface area contributed by atoms with Gasteiger partial charge in [0.2, 0.25) is 0 Å². The summed E-state index contributed by atoms with van der Waals surface area (Å²) >= 11 is 0. The predicted octanol–water partition coefficient (Wildman–Crippen LogP) is 2.25. The molecule has 2 aliphatic carbocycles. The molecule has 0 spiro atoms. The number of nitrogens with one attached hydrogen (secondary N) is 1. The van der Waals surface area contributed by atoms with Gasteiger partial charge < -0.3 is 20.1 Å². The van der Waals surface area contributed by atoms with Crippen molar-refractivity contribution in [3.63, 3.8) is 0 Å². The zero-order valence-corrected chi connectivity index (χ0v) is 14.9. The number of nitrogens with zero attached hydrogens (tertiary/aromatic N) is 1. The fraction of sp³-hybridized carbons (Fsp3) is 0.571. The molecule has 5 rings (SSSR count). The third kappa shape index (κ3) is 2.48. The molecule has 2 heterocycles. The Morgan fingerprint density at radius 3 is 2.46 bits per heavy atom. The number of hydrogen-bond donors (Lipinski definition) is 3. The van der Waals surface area contributed by atoms with Crippen molar-refractivity contribution in [3.05, 3.63) is 35.0 Å². The summed E-state index contributed by atoms with van der Waals surface area (Å²) in [6, 6.07) is 6.05. The van der Waals surface area contributed by atoms with Crippen LogP contribution >= 0.6 is 0 Å². The Labute approximate surface area is 153 Å². The van der Waals surface area contributed by atoms with Gasteiger partial charge >= 0.3 is 0 Å². The Balaban J connectivity index is 1.45. The third-order valence-corrected chi connectivity index (χ3v) is 6.76. The zero-order chi connectivity index (χ0) is 17.8. The number of hydrogen-bond acceptors (Lipinski definition) is 3. The van der Waals surface area contributed by atoms with Crippen LogP contribution in [-0.4, -0.2) is 51.3 Å². The number of aryl methyl sites for hydroxylation is 2. The first-order chi connectivity index (χ1) is 12.6. The second-order valence-electron chi connectivity index (χ2n) is 8.35. The van der Waals surface area contributed by atoms with Crippen LogP contribution in [0.5, 0.6) is 0 Å². The van der Waals surface area contributed by atoms with Crippen LogP contribution in [0.1, 0.15) is 47.3 Å². The van der Waals surface area contributed by atoms with Crippen LogP contribution in [0.25, 0.3) is 10.9 Å². The molecule has 3 aliphatic rings. The van der Waals surface area contributed by atoms with E-state index in [2.05, 4.69) is 11.1 Å². The van der Waals surface area contributed by atoms with Crippen LogP contribution in [-0.2, 0) is 12.8 Å². The summed E-state index contributed by atoms with van der Waals surface area (Å²) in [5, 5.41) is 21.1. The molecule has 4 atom stereocenters. The first-order valence-corrected chi connectivity index (χ1v) is 9.89. The largest absolute Gasteiger partial charge is 0.390 e. The number of likely N-dealkylation sites (tertiary alicyclic amines) is 1. The van der Waals surface area contributed by atoms with Crippen LogP contribution in [0.15, 0.2) is 18.2 Å². The van der Waals surface area contributed by atoms with Gasteiger partial charge in [0.15, 0.2) is 0 Å². The highest BCUT2D eigenvalue weighted by molar-refractivity contribution is 6.07. The quantitative estimate of drug-likeness (QED) is 0.735. The van der Waals surface area contributed by atoms with Gasteiger partial charge in [0.05, 0.1) is 23.3 Å². The molecular weight excluding hydrogens is 328 g/mol. The smallest absolute Gasteiger partial charge is 0.256 e. The van der Waals surface area contributed by atoms with Crippen molar-refractivity contribution in [3.8, 4) is 0 Å². The van der Waals surface area contributed by atoms with E-state index >= 15 is 0 Å². The number of para-hydroxylation sites is 1. The highest BCUT2D eigenvalue weighted by Crippen LogP contribution is 2.38. The number of H-pyrrole nitrogens is 1. The highest BCUT2D eigenvalue weighted by atomic mass is 16.3. The van der Waals surface area contributed by atoms with Crippen molar-refractivity contribution < 1.29 is 15.0 Å². The van der Waals surface area contributed by atoms with Crippen molar-refractivity contribution in [1.82, 2.24) is 9.88 Å². The topological polar surface area (TPSA) is 76.6 Å². The molecular formula is C21H26N2O3. The van der Waals surface area contributed by atoms with E-state index in [1.54, 1.807) is 0 Å². The van der Waals surface area contributed by atoms with Gasteiger partial charge in [-0.2, -0.15) is 0 Å². The monoisotopic (exact) mass is 354 g/mol. The lowest BCUT2D eigenvalue weighted by Crippen LogP contribution is -2.38. The molecule has 1 aliphatic heterocycles. The Kier molecular flexibility index (Phi) is 3.83. The molecule has 5 heteroatoms. The molecule has 5 nitrogen and oxygen atoms in total. The van der Waals surface area contributed by atoms with Crippen LogP contribution < -0.4 is 0 Å². The minimum absolute atomic E-state index is 0.0765. The van der Waals surface area contributed by atoms with Gasteiger partial charge in [-0.1, -0.05) is 12.1 Å². The number of rotatable bonds is 1. The number of carbonyl (C=O) groups is 1. The summed E-state index contributed by atoms with van der Waals surface area (Å²) in [6.45, 7) is 1.37. The molecule has 1 amide bonds. The van der Waals surface area contributed by atoms with Gasteiger partial charge in [0, 0.05) is 24.2 Å². The molecule has 1 aromatic heterocycles. The van der Waals surface area contributed by atoms with Crippen LogP contribution in [0.3, 0.4) is 0 Å². The number of benzene rings is 1. The molecule has 26 heavy (non-hydrogen) atoms. The lowest BCUT2D eigenvalue weighted by Gasteiger charge is -2.31. The van der Waals surface area contributed by atoms with Gasteiger partial charge in [-0.25, -0.2) is 0 Å². The predicted molar refractivity (Wildman–Crippen MR) is 99.1 cm³/mol. The minimum atomic E-state index is -0.648. The molecule has 0 radical (unpaired) electrons. The number of aromatic nitrogens is 1. The van der Waals surface area contributed by atoms with Gasteiger partial charge in [-0.15, -0.1) is 0 Å². The van der Waals surface area contributed by atoms with E-state index < -0.39 is 12.2 Å². The molecule has 1 saturated carbocycles. The maximum absolute atomic E-state index is 13.3. The number of amides is 1. The van der Waals surface area contributed by atoms with Crippen LogP contribution in [0, 0.1) is 11.8 Å². The van der Waals surface area contributed by atoms with Crippen LogP contribution in [0.2, 0.25) is 0 Å². The van der Waals surface area contributed by atoms with E-state index in [0.29, 0.717) is 37.8 Å². The van der Waals surface area contributed by atoms with E-state index in [4.69, 9.17) is 0 Å². The first kappa shape index (κ1) is 16.3. The summed E-state index contributed by atoms with van der Waals surface area (Å²) in [6.07, 6.45) is 4.49. The summed E-state index contributed by atoms with van der Waals surface area (Å²) < 4.78 is 0. The third-order valence-electron chi connectivity index (χ3n) is 6.76. The molecule has 0 bridgehead atoms. The Morgan fingerprint density at radius 1 is 1.04 bits per heavy atom. The maximum atomic E-state index is 13.3. The standard InChI is InChI=1S/C21H26N2O3/c24-18-8-12-10-23(11-13(12)9-19(18)25)21(26)16-6-3-5-15-14-4-1-2-7-17(14)22-20(15)16/h3,5-6,12-13,18-19,22,24-25H,1-2,4,7-11H2/t12-,13+,18-,19-/m1/s1. The van der Waals surface area contributed by atoms with Crippen molar-refractivity contribution in [2.45, 2.75) is 50.7 Å². The fourth-order valence-corrected chi connectivity index (χ4v) is 5.35. The summed E-state index contributed by atoms with van der Waals surface area (Å²) in [4.78, 5) is 18.7.